The molecule has 7 nitrogen and oxygen atoms in total. The summed E-state index contributed by atoms with van der Waals surface area (Å²) < 4.78 is 0.866. The molecule has 14 rings (SSSR count). The van der Waals surface area contributed by atoms with E-state index >= 15 is 9.59 Å². The summed E-state index contributed by atoms with van der Waals surface area (Å²) in [6, 6.07) is 48.4. The molecule has 8 heteroatoms. The van der Waals surface area contributed by atoms with Crippen molar-refractivity contribution in [3.05, 3.63) is 205 Å². The van der Waals surface area contributed by atoms with Crippen LogP contribution in [0.3, 0.4) is 0 Å². The minimum atomic E-state index is -0.291. The molecule has 0 saturated heterocycles. The molecule has 6 heterocycles. The van der Waals surface area contributed by atoms with Gasteiger partial charge in [0.25, 0.3) is 11.8 Å². The normalized spacial score (nSPS) is 14.0. The van der Waals surface area contributed by atoms with Crippen molar-refractivity contribution in [2.75, 3.05) is 4.90 Å². The van der Waals surface area contributed by atoms with E-state index in [1.165, 1.54) is 27.2 Å². The molecular formula is C82H78BrN5O2. The molecule has 8 bridgehead atoms. The molecule has 11 aromatic rings. The van der Waals surface area contributed by atoms with Gasteiger partial charge in [-0.25, -0.2) is 14.9 Å². The fraction of sp³-hybridized carbons (Fsp3) is 0.268. The topological polar surface area (TPSA) is 94.7 Å². The van der Waals surface area contributed by atoms with E-state index in [1.54, 1.807) is 0 Å². The first-order chi connectivity index (χ1) is 42.5. The molecule has 3 aromatic heterocycles. The van der Waals surface area contributed by atoms with Crippen molar-refractivity contribution in [3.8, 4) is 33.4 Å². The highest BCUT2D eigenvalue weighted by Crippen LogP contribution is 2.50. The summed E-state index contributed by atoms with van der Waals surface area (Å²) in [7, 11) is 0. The van der Waals surface area contributed by atoms with E-state index in [0.29, 0.717) is 22.2 Å². The first-order valence-corrected chi connectivity index (χ1v) is 32.7. The number of fused-ring (bicyclic) bond motifs is 10. The summed E-state index contributed by atoms with van der Waals surface area (Å²) in [5.41, 5.74) is 21.4. The summed E-state index contributed by atoms with van der Waals surface area (Å²) >= 11 is 4.08. The Morgan fingerprint density at radius 3 is 1.22 bits per heavy atom. The maximum atomic E-state index is 15.2. The van der Waals surface area contributed by atoms with E-state index in [0.717, 1.165) is 132 Å². The van der Waals surface area contributed by atoms with Gasteiger partial charge in [0.15, 0.2) is 0 Å². The van der Waals surface area contributed by atoms with Crippen LogP contribution in [-0.4, -0.2) is 31.8 Å². The summed E-state index contributed by atoms with van der Waals surface area (Å²) in [5, 5.41) is 7.88. The first kappa shape index (κ1) is 58.9. The number of anilines is 1. The van der Waals surface area contributed by atoms with E-state index in [1.807, 2.05) is 18.2 Å². The van der Waals surface area contributed by atoms with Crippen LogP contribution in [0.2, 0.25) is 0 Å². The molecule has 0 radical (unpaired) electrons. The number of halogens is 1. The molecule has 3 aliphatic heterocycles. The average Bonchev–Trinajstić information content (AvgIpc) is 0.952. The van der Waals surface area contributed by atoms with Gasteiger partial charge >= 0.3 is 0 Å². The molecule has 90 heavy (non-hydrogen) atoms. The van der Waals surface area contributed by atoms with Gasteiger partial charge in [-0.1, -0.05) is 208 Å². The molecule has 0 unspecified atom stereocenters. The van der Waals surface area contributed by atoms with Gasteiger partial charge < -0.3 is 9.97 Å². The highest BCUT2D eigenvalue weighted by molar-refractivity contribution is 9.10. The van der Waals surface area contributed by atoms with Gasteiger partial charge in [-0.05, 0) is 198 Å². The number of benzene rings is 8. The van der Waals surface area contributed by atoms with E-state index < -0.39 is 0 Å². The average molecular weight is 1250 g/mol. The van der Waals surface area contributed by atoms with Crippen molar-refractivity contribution in [2.45, 2.75) is 144 Å². The number of carbonyl (C=O) groups is 2. The fourth-order valence-corrected chi connectivity index (χ4v) is 14.5. The number of para-hydroxylation sites is 1. The first-order valence-electron chi connectivity index (χ1n) is 31.9. The molecule has 0 atom stereocenters. The predicted octanol–water partition coefficient (Wildman–Crippen LogP) is 22.7. The Labute approximate surface area is 536 Å². The Hall–Kier alpha value is -8.72. The molecule has 0 fully saturated rings. The van der Waals surface area contributed by atoms with Crippen molar-refractivity contribution in [2.24, 2.45) is 0 Å². The van der Waals surface area contributed by atoms with Crippen LogP contribution in [0.5, 0.6) is 0 Å². The lowest BCUT2D eigenvalue weighted by atomic mass is 9.78. The third-order valence-corrected chi connectivity index (χ3v) is 19.9. The molecule has 8 aromatic carbocycles. The Kier molecular flexibility index (Phi) is 13.5. The Bertz CT molecular complexity index is 4930. The van der Waals surface area contributed by atoms with Gasteiger partial charge in [0, 0.05) is 49.8 Å². The van der Waals surface area contributed by atoms with Crippen LogP contribution in [-0.2, 0) is 21.7 Å². The molecule has 0 saturated carbocycles. The number of aromatic amines is 2. The van der Waals surface area contributed by atoms with Crippen LogP contribution in [0.4, 0.5) is 5.69 Å². The number of nitrogens with one attached hydrogen (secondary N) is 2. The van der Waals surface area contributed by atoms with Crippen molar-refractivity contribution in [1.29, 1.82) is 0 Å². The Morgan fingerprint density at radius 2 is 0.756 bits per heavy atom. The lowest BCUT2D eigenvalue weighted by molar-refractivity contribution is 0.0892. The summed E-state index contributed by atoms with van der Waals surface area (Å²) in [4.78, 5) is 51.2. The molecule has 0 aliphatic carbocycles. The number of H-pyrrole nitrogens is 2. The lowest BCUT2D eigenvalue weighted by Gasteiger charge is -2.32. The number of hydrogen-bond donors (Lipinski definition) is 2. The molecule has 2 N–H and O–H groups in total. The quantitative estimate of drug-likeness (QED) is 0.0985. The number of amides is 2. The third kappa shape index (κ3) is 9.49. The highest BCUT2D eigenvalue weighted by Gasteiger charge is 2.38. The van der Waals surface area contributed by atoms with Crippen LogP contribution in [0.15, 0.2) is 138 Å². The summed E-state index contributed by atoms with van der Waals surface area (Å²) in [6.45, 7) is 36.0. The number of imide groups is 1. The zero-order chi connectivity index (χ0) is 63.6. The number of rotatable bonds is 6. The number of hydrogen-bond acceptors (Lipinski definition) is 4. The maximum Gasteiger partial charge on any atom is 0.266 e. The largest absolute Gasteiger partial charge is 0.354 e. The van der Waals surface area contributed by atoms with E-state index in [4.69, 9.17) is 9.97 Å². The number of carbonyl (C=O) groups excluding carboxylic acids is 2. The van der Waals surface area contributed by atoms with Crippen LogP contribution in [0, 0.1) is 0 Å². The summed E-state index contributed by atoms with van der Waals surface area (Å²) in [5.74, 6) is -0.398. The van der Waals surface area contributed by atoms with Crippen molar-refractivity contribution >= 4 is 123 Å². The molecular weight excluding hydrogens is 1170 g/mol. The van der Waals surface area contributed by atoms with Crippen molar-refractivity contribution in [1.82, 2.24) is 19.9 Å². The second-order valence-electron chi connectivity index (χ2n) is 30.0. The maximum absolute atomic E-state index is 15.2. The van der Waals surface area contributed by atoms with Crippen LogP contribution < -0.4 is 4.90 Å². The fourth-order valence-electron chi connectivity index (χ4n) is 14.0. The zero-order valence-electron chi connectivity index (χ0n) is 54.7. The minimum absolute atomic E-state index is 0.0927. The zero-order valence-corrected chi connectivity index (χ0v) is 56.3. The minimum Gasteiger partial charge on any atom is -0.354 e. The molecule has 3 aliphatic rings. The van der Waals surface area contributed by atoms with Gasteiger partial charge in [0.2, 0.25) is 0 Å². The SMILES string of the molecule is CC(C)c1cccc(C(C)C)c1N1C(=O)c2ccc3c4cccc5c(-c6c7nc(c(-c8cc(C(C)(C)C)cc(C(C)(C)C)c8)c8ccc([nH]8)c(Br)c8nc(c(-c9cc(C(C)(C)C)cc(C(C)(C)C)c9)c9ccc6[nH]9)C=C8)C=C7)ccc(c6ccc(c2c36)C1=O)c54. The second kappa shape index (κ2) is 20.7. The van der Waals surface area contributed by atoms with Gasteiger partial charge in [0.1, 0.15) is 0 Å². The van der Waals surface area contributed by atoms with Crippen LogP contribution >= 0.6 is 15.9 Å². The van der Waals surface area contributed by atoms with E-state index in [-0.39, 0.29) is 45.3 Å². The van der Waals surface area contributed by atoms with Gasteiger partial charge in [-0.3, -0.25) is 9.59 Å². The van der Waals surface area contributed by atoms with E-state index in [9.17, 15) is 0 Å². The molecule has 2 amide bonds. The standard InChI is InChI=1S/C82H78BrN5O2/c1-43(2)51-19-17-20-52(44(3)4)76(51)88-77(89)59-27-25-56-53-21-18-22-54-58(24-23-55(71(53)54)57-26-28-60(78(88)90)73(59)72(56)57)74-65-31-29-61(84-65)69(45-37-47(79(5,6)7)41-48(38-45)80(8,9)10)63-33-35-67(86-63)75(83)68-36-34-64(87-68)70(62-30-32-66(74)85-62)46-39-49(81(11,12)13)42-50(40-46)82(14,15)16/h17-44,84,87H,1-16H3. The van der Waals surface area contributed by atoms with Crippen LogP contribution in [0.25, 0.3) is 123 Å². The van der Waals surface area contributed by atoms with E-state index in [2.05, 4.69) is 276 Å². The monoisotopic (exact) mass is 1240 g/mol. The predicted molar refractivity (Wildman–Crippen MR) is 385 cm³/mol. The number of nitrogens with zero attached hydrogens (tertiary/aromatic N) is 3. The van der Waals surface area contributed by atoms with Gasteiger partial charge in [-0.15, -0.1) is 0 Å². The third-order valence-electron chi connectivity index (χ3n) is 19.1. The van der Waals surface area contributed by atoms with Gasteiger partial charge in [-0.2, -0.15) is 0 Å². The smallest absolute Gasteiger partial charge is 0.266 e. The molecule has 0 spiro atoms. The van der Waals surface area contributed by atoms with Crippen molar-refractivity contribution in [3.63, 3.8) is 0 Å². The number of aromatic nitrogens is 4. The Balaban J connectivity index is 1.08. The van der Waals surface area contributed by atoms with Gasteiger partial charge in [0.05, 0.1) is 38.5 Å². The highest BCUT2D eigenvalue weighted by atomic mass is 79.9. The lowest BCUT2D eigenvalue weighted by Crippen LogP contribution is -2.41. The molecule has 450 valence electrons. The van der Waals surface area contributed by atoms with Crippen molar-refractivity contribution < 1.29 is 9.59 Å². The Morgan fingerprint density at radius 1 is 0.389 bits per heavy atom. The second-order valence-corrected chi connectivity index (χ2v) is 30.8. The summed E-state index contributed by atoms with van der Waals surface area (Å²) in [6.07, 6.45) is 8.66. The van der Waals surface area contributed by atoms with Crippen LogP contribution in [0.1, 0.15) is 199 Å².